The van der Waals surface area contributed by atoms with Crippen molar-refractivity contribution in [2.24, 2.45) is 0 Å². The summed E-state index contributed by atoms with van der Waals surface area (Å²) >= 11 is 0. The highest BCUT2D eigenvalue weighted by Gasteiger charge is 2.03. The number of unbranched alkanes of at least 4 members (excludes halogenated alkanes) is 18. The molecule has 1 rings (SSSR count). The highest BCUT2D eigenvalue weighted by atomic mass is 35.7. The summed E-state index contributed by atoms with van der Waals surface area (Å²) < 4.78 is 38.8. The zero-order chi connectivity index (χ0) is 25.3. The first-order valence-corrected chi connectivity index (χ1v) is 15.3. The predicted octanol–water partition coefficient (Wildman–Crippen LogP) is 3.86. The SMILES string of the molecule is CCCCCCCCCCCCn1cc[n+](CCCCCCCCCCCC)c1.[O-][Cl+3]([O-])([O-])[O-]. The quantitative estimate of drug-likeness (QED) is 0.177. The van der Waals surface area contributed by atoms with Crippen LogP contribution in [0.15, 0.2) is 18.7 Å². The van der Waals surface area contributed by atoms with Crippen molar-refractivity contribution in [1.82, 2.24) is 4.57 Å². The summed E-state index contributed by atoms with van der Waals surface area (Å²) in [5.74, 6) is 0. The van der Waals surface area contributed by atoms with E-state index in [1.807, 2.05) is 0 Å². The molecular formula is C27H53ClN2O4. The van der Waals surface area contributed by atoms with Crippen LogP contribution in [0.2, 0.25) is 0 Å². The first kappa shape index (κ1) is 33.3. The second-order valence-electron chi connectivity index (χ2n) is 9.63. The molecule has 0 amide bonds. The highest BCUT2D eigenvalue weighted by Crippen LogP contribution is 2.12. The molecule has 1 heterocycles. The molecule has 1 aromatic heterocycles. The van der Waals surface area contributed by atoms with E-state index in [2.05, 4.69) is 41.7 Å². The van der Waals surface area contributed by atoms with E-state index in [4.69, 9.17) is 18.6 Å². The molecule has 202 valence electrons. The number of hydrogen-bond acceptors (Lipinski definition) is 4. The van der Waals surface area contributed by atoms with Crippen molar-refractivity contribution in [2.75, 3.05) is 0 Å². The van der Waals surface area contributed by atoms with Gasteiger partial charge in [-0.15, -0.1) is 10.2 Å². The van der Waals surface area contributed by atoms with Gasteiger partial charge >= 0.3 is 0 Å². The highest BCUT2D eigenvalue weighted by molar-refractivity contribution is 4.66. The van der Waals surface area contributed by atoms with Crippen LogP contribution in [0.5, 0.6) is 0 Å². The lowest BCUT2D eigenvalue weighted by atomic mass is 10.1. The van der Waals surface area contributed by atoms with E-state index < -0.39 is 10.2 Å². The number of imidazole rings is 1. The Hall–Kier alpha value is -0.660. The Morgan fingerprint density at radius 3 is 1.32 bits per heavy atom. The van der Waals surface area contributed by atoms with Crippen LogP contribution in [-0.2, 0) is 13.1 Å². The van der Waals surface area contributed by atoms with Crippen LogP contribution in [0.1, 0.15) is 142 Å². The smallest absolute Gasteiger partial charge is 0.237 e. The summed E-state index contributed by atoms with van der Waals surface area (Å²) in [6, 6.07) is 0. The Bertz CT molecular complexity index is 490. The fourth-order valence-corrected chi connectivity index (χ4v) is 4.27. The van der Waals surface area contributed by atoms with Crippen molar-refractivity contribution in [3.8, 4) is 0 Å². The van der Waals surface area contributed by atoms with E-state index in [0.717, 1.165) is 0 Å². The minimum atomic E-state index is -4.94. The van der Waals surface area contributed by atoms with E-state index in [9.17, 15) is 0 Å². The maximum atomic E-state index is 8.49. The number of nitrogens with zero attached hydrogens (tertiary/aromatic N) is 2. The molecular weight excluding hydrogens is 452 g/mol. The summed E-state index contributed by atoms with van der Waals surface area (Å²) in [6.45, 7) is 6.98. The summed E-state index contributed by atoms with van der Waals surface area (Å²) in [4.78, 5) is 0. The average molecular weight is 505 g/mol. The minimum absolute atomic E-state index is 1.20. The van der Waals surface area contributed by atoms with Gasteiger partial charge in [-0.3, -0.25) is 0 Å². The molecule has 0 unspecified atom stereocenters. The lowest BCUT2D eigenvalue weighted by Gasteiger charge is -2.17. The molecule has 0 aliphatic rings. The van der Waals surface area contributed by atoms with E-state index in [1.165, 1.54) is 142 Å². The van der Waals surface area contributed by atoms with Gasteiger partial charge in [0.05, 0.1) is 13.1 Å². The van der Waals surface area contributed by atoms with Gasteiger partial charge < -0.3 is 0 Å². The van der Waals surface area contributed by atoms with Gasteiger partial charge in [0, 0.05) is 0 Å². The summed E-state index contributed by atoms with van der Waals surface area (Å²) in [7, 11) is -4.94. The molecule has 6 nitrogen and oxygen atoms in total. The molecule has 34 heavy (non-hydrogen) atoms. The zero-order valence-electron chi connectivity index (χ0n) is 22.2. The molecule has 0 bridgehead atoms. The van der Waals surface area contributed by atoms with Crippen molar-refractivity contribution in [3.63, 3.8) is 0 Å². The Morgan fingerprint density at radius 2 is 0.912 bits per heavy atom. The Labute approximate surface area is 212 Å². The number of halogens is 1. The van der Waals surface area contributed by atoms with Crippen molar-refractivity contribution in [1.29, 1.82) is 0 Å². The predicted molar refractivity (Wildman–Crippen MR) is 128 cm³/mol. The van der Waals surface area contributed by atoms with Gasteiger partial charge in [-0.25, -0.2) is 27.8 Å². The Balaban J connectivity index is 0.00000196. The first-order valence-electron chi connectivity index (χ1n) is 14.0. The lowest BCUT2D eigenvalue weighted by molar-refractivity contribution is -2.00. The first-order chi connectivity index (χ1) is 16.4. The Morgan fingerprint density at radius 1 is 0.559 bits per heavy atom. The maximum Gasteiger partial charge on any atom is 0.243 e. The molecule has 0 aromatic carbocycles. The maximum absolute atomic E-state index is 8.49. The number of aromatic nitrogens is 2. The van der Waals surface area contributed by atoms with Crippen LogP contribution >= 0.6 is 0 Å². The van der Waals surface area contributed by atoms with Gasteiger partial charge in [0.1, 0.15) is 12.4 Å². The normalized spacial score (nSPS) is 11.5. The third-order valence-corrected chi connectivity index (χ3v) is 6.29. The van der Waals surface area contributed by atoms with E-state index >= 15 is 0 Å². The van der Waals surface area contributed by atoms with Gasteiger partial charge in [-0.05, 0) is 25.7 Å². The second kappa shape index (κ2) is 24.1. The summed E-state index contributed by atoms with van der Waals surface area (Å²) in [5, 5.41) is 0. The molecule has 0 saturated carbocycles. The standard InChI is InChI=1S/C27H53N2.ClHO4/c1-3-5-7-9-11-13-15-17-19-21-23-28-25-26-29(27-28)24-22-20-18-16-14-12-10-8-6-4-2;2-1(3,4)5/h25-27H,3-24H2,1-2H3;(H,2,3,4,5)/q+1;/p-1. The molecule has 0 aliphatic carbocycles. The van der Waals surface area contributed by atoms with Crippen molar-refractivity contribution < 1.29 is 33.4 Å². The topological polar surface area (TPSA) is 101 Å². The van der Waals surface area contributed by atoms with Crippen LogP contribution in [0.3, 0.4) is 0 Å². The van der Waals surface area contributed by atoms with Crippen molar-refractivity contribution in [2.45, 2.75) is 155 Å². The van der Waals surface area contributed by atoms with Gasteiger partial charge in [0.2, 0.25) is 6.33 Å². The third-order valence-electron chi connectivity index (χ3n) is 6.29. The van der Waals surface area contributed by atoms with Crippen molar-refractivity contribution in [3.05, 3.63) is 18.7 Å². The molecule has 0 N–H and O–H groups in total. The van der Waals surface area contributed by atoms with Gasteiger partial charge in [0.15, 0.2) is 0 Å². The monoisotopic (exact) mass is 504 g/mol. The molecule has 0 saturated heterocycles. The molecule has 0 spiro atoms. The largest absolute Gasteiger partial charge is 0.243 e. The van der Waals surface area contributed by atoms with Crippen LogP contribution in [-0.4, -0.2) is 4.57 Å². The lowest BCUT2D eigenvalue weighted by Crippen LogP contribution is -2.68. The fraction of sp³-hybridized carbons (Fsp3) is 0.889. The number of hydrogen-bond donors (Lipinski definition) is 0. The number of aryl methyl sites for hydroxylation is 2. The molecule has 0 atom stereocenters. The van der Waals surface area contributed by atoms with Crippen molar-refractivity contribution >= 4 is 0 Å². The fourth-order valence-electron chi connectivity index (χ4n) is 4.27. The third kappa shape index (κ3) is 27.6. The molecule has 1 aromatic rings. The van der Waals surface area contributed by atoms with Gasteiger partial charge in [0.25, 0.3) is 0 Å². The summed E-state index contributed by atoms with van der Waals surface area (Å²) in [6.07, 6.45) is 35.2. The molecule has 0 fully saturated rings. The van der Waals surface area contributed by atoms with Gasteiger partial charge in [-0.1, -0.05) is 117 Å². The van der Waals surface area contributed by atoms with E-state index in [0.29, 0.717) is 0 Å². The Kier molecular flexibility index (Phi) is 23.6. The van der Waals surface area contributed by atoms with Crippen LogP contribution in [0, 0.1) is 10.2 Å². The van der Waals surface area contributed by atoms with Crippen LogP contribution in [0.25, 0.3) is 0 Å². The summed E-state index contributed by atoms with van der Waals surface area (Å²) in [5.41, 5.74) is 0. The van der Waals surface area contributed by atoms with Crippen LogP contribution < -0.4 is 23.2 Å². The van der Waals surface area contributed by atoms with Crippen LogP contribution in [0.4, 0.5) is 0 Å². The van der Waals surface area contributed by atoms with E-state index in [-0.39, 0.29) is 0 Å². The average Bonchev–Trinajstić information content (AvgIpc) is 3.23. The molecule has 0 radical (unpaired) electrons. The second-order valence-corrected chi connectivity index (χ2v) is 10.4. The minimum Gasteiger partial charge on any atom is -0.237 e. The van der Waals surface area contributed by atoms with E-state index in [1.54, 1.807) is 0 Å². The molecule has 7 heteroatoms. The molecule has 0 aliphatic heterocycles. The number of rotatable bonds is 22. The van der Waals surface area contributed by atoms with Gasteiger partial charge in [-0.2, -0.15) is 0 Å². The zero-order valence-corrected chi connectivity index (χ0v) is 22.9.